The van der Waals surface area contributed by atoms with Crippen molar-refractivity contribution in [2.45, 2.75) is 13.3 Å². The van der Waals surface area contributed by atoms with E-state index < -0.39 is 5.97 Å². The summed E-state index contributed by atoms with van der Waals surface area (Å²) in [4.78, 5) is 25.1. The number of hydrogen-bond acceptors (Lipinski definition) is 5. The molecule has 0 saturated heterocycles. The second-order valence-electron chi connectivity index (χ2n) is 3.17. The molecule has 0 amide bonds. The van der Waals surface area contributed by atoms with E-state index in [1.54, 1.807) is 6.92 Å². The van der Waals surface area contributed by atoms with Crippen LogP contribution in [0.5, 0.6) is 0 Å². The normalized spacial score (nSPS) is 19.5. The molecule has 0 unspecified atom stereocenters. The molecular weight excluding hydrogens is 214 g/mol. The molecule has 0 atom stereocenters. The van der Waals surface area contributed by atoms with Crippen molar-refractivity contribution in [3.05, 3.63) is 22.2 Å². The summed E-state index contributed by atoms with van der Waals surface area (Å²) in [6.07, 6.45) is 2.26. The first-order valence-corrected chi connectivity index (χ1v) is 5.66. The lowest BCUT2D eigenvalue weighted by atomic mass is 10.1. The number of esters is 1. The summed E-state index contributed by atoms with van der Waals surface area (Å²) in [5.41, 5.74) is 0.207. The Balaban J connectivity index is 2.32. The van der Waals surface area contributed by atoms with E-state index in [0.717, 1.165) is 0 Å². The fourth-order valence-corrected chi connectivity index (χ4v) is 2.49. The number of Topliss-reactive ketones (excluding diaryl/α,β-unsaturated/α-hetero) is 1. The second kappa shape index (κ2) is 4.10. The van der Waals surface area contributed by atoms with E-state index in [2.05, 4.69) is 0 Å². The number of rotatable bonds is 2. The number of ether oxygens (including phenoxy) is 1. The van der Waals surface area contributed by atoms with Crippen molar-refractivity contribution in [2.24, 2.45) is 0 Å². The van der Waals surface area contributed by atoms with Crippen molar-refractivity contribution in [2.75, 3.05) is 13.2 Å². The Kier molecular flexibility index (Phi) is 2.81. The molecule has 2 aliphatic rings. The van der Waals surface area contributed by atoms with E-state index in [1.165, 1.54) is 11.8 Å². The number of carbonyl (C=O) groups excluding carboxylic acids is 2. The zero-order valence-electron chi connectivity index (χ0n) is 8.36. The van der Waals surface area contributed by atoms with Gasteiger partial charge in [-0.3, -0.25) is 4.79 Å². The maximum atomic E-state index is 11.6. The zero-order chi connectivity index (χ0) is 10.8. The van der Waals surface area contributed by atoms with Crippen LogP contribution in [-0.2, 0) is 14.3 Å². The molecule has 0 aromatic heterocycles. The monoisotopic (exact) mass is 225 g/mol. The third kappa shape index (κ3) is 1.79. The van der Waals surface area contributed by atoms with Crippen LogP contribution in [-0.4, -0.2) is 29.8 Å². The third-order valence-corrected chi connectivity index (χ3v) is 3.15. The van der Waals surface area contributed by atoms with Crippen LogP contribution in [0.4, 0.5) is 0 Å². The molecule has 4 nitrogen and oxygen atoms in total. The molecule has 2 aliphatic heterocycles. The molecule has 2 rings (SSSR count). The average Bonchev–Trinajstić information content (AvgIpc) is 2.65. The van der Waals surface area contributed by atoms with Gasteiger partial charge in [-0.05, 0) is 12.3 Å². The van der Waals surface area contributed by atoms with E-state index in [1.807, 2.05) is 16.5 Å². The van der Waals surface area contributed by atoms with E-state index in [4.69, 9.17) is 4.74 Å². The SMILES string of the molecule is CCOC(=O)C1=C2SC=CN2CCC1=O. The molecule has 5 heteroatoms. The van der Waals surface area contributed by atoms with Crippen LogP contribution in [0.15, 0.2) is 22.2 Å². The first-order valence-electron chi connectivity index (χ1n) is 4.78. The summed E-state index contributed by atoms with van der Waals surface area (Å²) in [7, 11) is 0. The van der Waals surface area contributed by atoms with Crippen molar-refractivity contribution in [3.63, 3.8) is 0 Å². The Labute approximate surface area is 92.0 Å². The van der Waals surface area contributed by atoms with E-state index >= 15 is 0 Å². The van der Waals surface area contributed by atoms with Gasteiger partial charge in [-0.2, -0.15) is 0 Å². The van der Waals surface area contributed by atoms with Crippen LogP contribution in [0.3, 0.4) is 0 Å². The Morgan fingerprint density at radius 2 is 2.47 bits per heavy atom. The van der Waals surface area contributed by atoms with Crippen LogP contribution in [0.2, 0.25) is 0 Å². The highest BCUT2D eigenvalue weighted by atomic mass is 32.2. The maximum Gasteiger partial charge on any atom is 0.344 e. The van der Waals surface area contributed by atoms with Gasteiger partial charge in [0.1, 0.15) is 5.57 Å². The van der Waals surface area contributed by atoms with Gasteiger partial charge in [0.05, 0.1) is 11.6 Å². The van der Waals surface area contributed by atoms with Crippen molar-refractivity contribution >= 4 is 23.5 Å². The highest BCUT2D eigenvalue weighted by Gasteiger charge is 2.32. The fraction of sp³-hybridized carbons (Fsp3) is 0.400. The van der Waals surface area contributed by atoms with Gasteiger partial charge in [0.25, 0.3) is 0 Å². The maximum absolute atomic E-state index is 11.6. The first kappa shape index (κ1) is 10.3. The molecule has 2 heterocycles. The summed E-state index contributed by atoms with van der Waals surface area (Å²) in [5.74, 6) is -0.616. The van der Waals surface area contributed by atoms with Crippen molar-refractivity contribution in [1.29, 1.82) is 0 Å². The molecule has 0 aromatic rings. The lowest BCUT2D eigenvalue weighted by Crippen LogP contribution is -2.30. The van der Waals surface area contributed by atoms with Crippen molar-refractivity contribution in [1.82, 2.24) is 4.90 Å². The molecule has 80 valence electrons. The summed E-state index contributed by atoms with van der Waals surface area (Å²) >= 11 is 1.40. The van der Waals surface area contributed by atoms with Crippen molar-refractivity contribution in [3.8, 4) is 0 Å². The minimum atomic E-state index is -0.501. The van der Waals surface area contributed by atoms with Gasteiger partial charge in [-0.15, -0.1) is 0 Å². The highest BCUT2D eigenvalue weighted by Crippen LogP contribution is 2.35. The Bertz CT molecular complexity index is 373. The highest BCUT2D eigenvalue weighted by molar-refractivity contribution is 8.06. The predicted octanol–water partition coefficient (Wildman–Crippen LogP) is 1.25. The van der Waals surface area contributed by atoms with Gasteiger partial charge >= 0.3 is 5.97 Å². The summed E-state index contributed by atoms with van der Waals surface area (Å²) in [6.45, 7) is 2.68. The molecule has 0 saturated carbocycles. The van der Waals surface area contributed by atoms with Gasteiger partial charge in [-0.1, -0.05) is 11.8 Å². The largest absolute Gasteiger partial charge is 0.462 e. The summed E-state index contributed by atoms with van der Waals surface area (Å²) < 4.78 is 4.87. The molecule has 0 spiro atoms. The third-order valence-electron chi connectivity index (χ3n) is 2.23. The lowest BCUT2D eigenvalue weighted by molar-refractivity contribution is -0.140. The van der Waals surface area contributed by atoms with Gasteiger partial charge in [0, 0.05) is 19.2 Å². The molecule has 0 bridgehead atoms. The van der Waals surface area contributed by atoms with E-state index in [9.17, 15) is 9.59 Å². The lowest BCUT2D eigenvalue weighted by Gasteiger charge is -2.24. The molecule has 0 radical (unpaired) electrons. The van der Waals surface area contributed by atoms with Gasteiger partial charge in [-0.25, -0.2) is 4.79 Å². The van der Waals surface area contributed by atoms with Gasteiger partial charge < -0.3 is 9.64 Å². The fourth-order valence-electron chi connectivity index (χ4n) is 1.55. The molecule has 0 aromatic carbocycles. The number of fused-ring (bicyclic) bond motifs is 1. The summed E-state index contributed by atoms with van der Waals surface area (Å²) in [6, 6.07) is 0. The van der Waals surface area contributed by atoms with Crippen LogP contribution in [0, 0.1) is 0 Å². The Morgan fingerprint density at radius 3 is 3.20 bits per heavy atom. The summed E-state index contributed by atoms with van der Waals surface area (Å²) in [5, 5.41) is 2.58. The van der Waals surface area contributed by atoms with Crippen molar-refractivity contribution < 1.29 is 14.3 Å². The Hall–Kier alpha value is -1.23. The van der Waals surface area contributed by atoms with Crippen LogP contribution >= 0.6 is 11.8 Å². The molecular formula is C10H11NO3S. The number of nitrogens with zero attached hydrogens (tertiary/aromatic N) is 1. The van der Waals surface area contributed by atoms with Crippen LogP contribution in [0.25, 0.3) is 0 Å². The number of thioether (sulfide) groups is 1. The smallest absolute Gasteiger partial charge is 0.344 e. The number of hydrogen-bond donors (Lipinski definition) is 0. The number of carbonyl (C=O) groups is 2. The molecule has 0 fully saturated rings. The minimum Gasteiger partial charge on any atom is -0.462 e. The number of ketones is 1. The van der Waals surface area contributed by atoms with Gasteiger partial charge in [0.15, 0.2) is 5.78 Å². The zero-order valence-corrected chi connectivity index (χ0v) is 9.17. The molecule has 0 aliphatic carbocycles. The van der Waals surface area contributed by atoms with E-state index in [0.29, 0.717) is 24.6 Å². The Morgan fingerprint density at radius 1 is 1.67 bits per heavy atom. The van der Waals surface area contributed by atoms with E-state index in [-0.39, 0.29) is 11.4 Å². The quantitative estimate of drug-likeness (QED) is 0.523. The van der Waals surface area contributed by atoms with Crippen LogP contribution in [0.1, 0.15) is 13.3 Å². The average molecular weight is 225 g/mol. The standard InChI is InChI=1S/C10H11NO3S/c1-2-14-10(13)8-7(12)3-4-11-5-6-15-9(8)11/h5-6H,2-4H2,1H3. The first-order chi connectivity index (χ1) is 7.24. The van der Waals surface area contributed by atoms with Gasteiger partial charge in [0.2, 0.25) is 0 Å². The minimum absolute atomic E-state index is 0.115. The molecule has 15 heavy (non-hydrogen) atoms. The van der Waals surface area contributed by atoms with Crippen LogP contribution < -0.4 is 0 Å². The topological polar surface area (TPSA) is 46.6 Å². The predicted molar refractivity (Wildman–Crippen MR) is 56.7 cm³/mol. The molecule has 0 N–H and O–H groups in total. The second-order valence-corrected chi connectivity index (χ2v) is 4.06.